The van der Waals surface area contributed by atoms with Crippen molar-refractivity contribution < 1.29 is 9.18 Å². The molecule has 1 N–H and O–H groups in total. The second-order valence-corrected chi connectivity index (χ2v) is 3.88. The number of hydrogen-bond donors (Lipinski definition) is 1. The highest BCUT2D eigenvalue weighted by atomic mass is 19.1. The van der Waals surface area contributed by atoms with E-state index in [1.165, 1.54) is 18.3 Å². The lowest BCUT2D eigenvalue weighted by Crippen LogP contribution is -2.34. The second kappa shape index (κ2) is 3.04. The number of amides is 1. The minimum atomic E-state index is -0.570. The van der Waals surface area contributed by atoms with Gasteiger partial charge in [-0.3, -0.25) is 4.79 Å². The number of halogens is 1. The molecule has 1 aromatic heterocycles. The van der Waals surface area contributed by atoms with Gasteiger partial charge in [-0.05, 0) is 31.9 Å². The molecule has 0 spiro atoms. The van der Waals surface area contributed by atoms with Crippen LogP contribution in [-0.2, 0) is 0 Å². The molecule has 0 radical (unpaired) electrons. The van der Waals surface area contributed by atoms with Crippen molar-refractivity contribution in [2.45, 2.75) is 25.3 Å². The fourth-order valence-corrected chi connectivity index (χ4v) is 1.17. The van der Waals surface area contributed by atoms with Gasteiger partial charge in [0.05, 0.1) is 5.56 Å². The molecule has 1 aliphatic carbocycles. The smallest absolute Gasteiger partial charge is 0.253 e. The maximum absolute atomic E-state index is 12.5. The molecular formula is C10H11FN2O. The molecule has 0 aromatic carbocycles. The summed E-state index contributed by atoms with van der Waals surface area (Å²) in [5.74, 6) is -0.753. The predicted octanol–water partition coefficient (Wildman–Crippen LogP) is 1.50. The van der Waals surface area contributed by atoms with Crippen molar-refractivity contribution in [3.63, 3.8) is 0 Å². The van der Waals surface area contributed by atoms with Gasteiger partial charge in [0.15, 0.2) is 0 Å². The minimum Gasteiger partial charge on any atom is -0.347 e. The second-order valence-electron chi connectivity index (χ2n) is 3.88. The van der Waals surface area contributed by atoms with Crippen molar-refractivity contribution in [1.29, 1.82) is 0 Å². The Hall–Kier alpha value is -1.45. The zero-order valence-corrected chi connectivity index (χ0v) is 7.88. The van der Waals surface area contributed by atoms with Crippen molar-refractivity contribution in [3.8, 4) is 0 Å². The molecule has 14 heavy (non-hydrogen) atoms. The highest BCUT2D eigenvalue weighted by molar-refractivity contribution is 5.94. The van der Waals surface area contributed by atoms with Crippen LogP contribution in [-0.4, -0.2) is 16.4 Å². The van der Waals surface area contributed by atoms with E-state index < -0.39 is 5.95 Å². The minimum absolute atomic E-state index is 0.0501. The summed E-state index contributed by atoms with van der Waals surface area (Å²) in [5, 5.41) is 2.86. The summed E-state index contributed by atoms with van der Waals surface area (Å²) in [4.78, 5) is 15.0. The van der Waals surface area contributed by atoms with E-state index >= 15 is 0 Å². The Morgan fingerprint density at radius 1 is 1.57 bits per heavy atom. The molecule has 0 bridgehead atoms. The Balaban J connectivity index is 2.07. The lowest BCUT2D eigenvalue weighted by Gasteiger charge is -2.10. The lowest BCUT2D eigenvalue weighted by atomic mass is 10.2. The molecule has 1 heterocycles. The number of aromatic nitrogens is 1. The van der Waals surface area contributed by atoms with E-state index in [1.807, 2.05) is 6.92 Å². The maximum Gasteiger partial charge on any atom is 0.253 e. The molecule has 1 fully saturated rings. The standard InChI is InChI=1S/C10H11FN2O/c1-10(4-5-10)13-9(14)7-2-3-8(11)12-6-7/h2-3,6H,4-5H2,1H3,(H,13,14). The van der Waals surface area contributed by atoms with Crippen LogP contribution in [0, 0.1) is 5.95 Å². The van der Waals surface area contributed by atoms with E-state index in [1.54, 1.807) is 0 Å². The van der Waals surface area contributed by atoms with Gasteiger partial charge in [-0.25, -0.2) is 4.98 Å². The van der Waals surface area contributed by atoms with E-state index in [4.69, 9.17) is 0 Å². The molecule has 0 atom stereocenters. The molecule has 1 amide bonds. The number of nitrogens with zero attached hydrogens (tertiary/aromatic N) is 1. The van der Waals surface area contributed by atoms with Crippen LogP contribution in [0.3, 0.4) is 0 Å². The van der Waals surface area contributed by atoms with E-state index in [9.17, 15) is 9.18 Å². The Morgan fingerprint density at radius 3 is 2.79 bits per heavy atom. The van der Waals surface area contributed by atoms with Crippen LogP contribution in [0.15, 0.2) is 18.3 Å². The molecule has 74 valence electrons. The van der Waals surface area contributed by atoms with Crippen LogP contribution in [0.1, 0.15) is 30.1 Å². The van der Waals surface area contributed by atoms with E-state index in [2.05, 4.69) is 10.3 Å². The molecular weight excluding hydrogens is 183 g/mol. The predicted molar refractivity (Wildman–Crippen MR) is 49.3 cm³/mol. The number of hydrogen-bond acceptors (Lipinski definition) is 2. The summed E-state index contributed by atoms with van der Waals surface area (Å²) in [6.07, 6.45) is 3.26. The number of pyridine rings is 1. The Bertz CT molecular complexity index is 357. The highest BCUT2D eigenvalue weighted by Gasteiger charge is 2.38. The van der Waals surface area contributed by atoms with Crippen LogP contribution in [0.4, 0.5) is 4.39 Å². The first kappa shape index (κ1) is 9.12. The Kier molecular flexibility index (Phi) is 1.98. The van der Waals surface area contributed by atoms with Crippen molar-refractivity contribution in [1.82, 2.24) is 10.3 Å². The van der Waals surface area contributed by atoms with Crippen molar-refractivity contribution in [2.24, 2.45) is 0 Å². The van der Waals surface area contributed by atoms with Gasteiger partial charge in [-0.2, -0.15) is 4.39 Å². The van der Waals surface area contributed by atoms with Gasteiger partial charge in [-0.1, -0.05) is 0 Å². The lowest BCUT2D eigenvalue weighted by molar-refractivity contribution is 0.0935. The third-order valence-corrected chi connectivity index (χ3v) is 2.40. The number of rotatable bonds is 2. The molecule has 1 aliphatic rings. The van der Waals surface area contributed by atoms with Gasteiger partial charge < -0.3 is 5.32 Å². The van der Waals surface area contributed by atoms with E-state index in [0.29, 0.717) is 5.56 Å². The van der Waals surface area contributed by atoms with Gasteiger partial charge >= 0.3 is 0 Å². The molecule has 2 rings (SSSR count). The monoisotopic (exact) mass is 194 g/mol. The van der Waals surface area contributed by atoms with Gasteiger partial charge in [0, 0.05) is 11.7 Å². The summed E-state index contributed by atoms with van der Waals surface area (Å²) < 4.78 is 12.5. The van der Waals surface area contributed by atoms with Gasteiger partial charge in [0.1, 0.15) is 0 Å². The quantitative estimate of drug-likeness (QED) is 0.725. The third-order valence-electron chi connectivity index (χ3n) is 2.40. The zero-order chi connectivity index (χ0) is 10.2. The number of carbonyl (C=O) groups is 1. The summed E-state index contributed by atoms with van der Waals surface area (Å²) in [7, 11) is 0. The first-order chi connectivity index (χ1) is 6.59. The maximum atomic E-state index is 12.5. The Labute approximate surface area is 81.3 Å². The number of carbonyl (C=O) groups excluding carboxylic acids is 1. The molecule has 3 nitrogen and oxygen atoms in total. The zero-order valence-electron chi connectivity index (χ0n) is 7.88. The fourth-order valence-electron chi connectivity index (χ4n) is 1.17. The first-order valence-corrected chi connectivity index (χ1v) is 4.53. The molecule has 1 saturated carbocycles. The summed E-state index contributed by atoms with van der Waals surface area (Å²) in [6, 6.07) is 2.62. The molecule has 0 saturated heterocycles. The van der Waals surface area contributed by atoms with Gasteiger partial charge in [0.25, 0.3) is 5.91 Å². The number of nitrogens with one attached hydrogen (secondary N) is 1. The molecule has 0 unspecified atom stereocenters. The van der Waals surface area contributed by atoms with Crippen LogP contribution < -0.4 is 5.32 Å². The van der Waals surface area contributed by atoms with E-state index in [0.717, 1.165) is 12.8 Å². The molecule has 0 aliphatic heterocycles. The SMILES string of the molecule is CC1(NC(=O)c2ccc(F)nc2)CC1. The normalized spacial score (nSPS) is 17.6. The summed E-state index contributed by atoms with van der Waals surface area (Å²) in [6.45, 7) is 1.99. The van der Waals surface area contributed by atoms with Crippen LogP contribution in [0.5, 0.6) is 0 Å². The largest absolute Gasteiger partial charge is 0.347 e. The van der Waals surface area contributed by atoms with Gasteiger partial charge in [0.2, 0.25) is 5.95 Å². The van der Waals surface area contributed by atoms with Gasteiger partial charge in [-0.15, -0.1) is 0 Å². The topological polar surface area (TPSA) is 42.0 Å². The van der Waals surface area contributed by atoms with Crippen LogP contribution in [0.2, 0.25) is 0 Å². The van der Waals surface area contributed by atoms with Crippen molar-refractivity contribution in [2.75, 3.05) is 0 Å². The van der Waals surface area contributed by atoms with Crippen molar-refractivity contribution in [3.05, 3.63) is 29.8 Å². The molecule has 1 aromatic rings. The first-order valence-electron chi connectivity index (χ1n) is 4.53. The molecule has 4 heteroatoms. The fraction of sp³-hybridized carbons (Fsp3) is 0.400. The average molecular weight is 194 g/mol. The highest BCUT2D eigenvalue weighted by Crippen LogP contribution is 2.34. The Morgan fingerprint density at radius 2 is 2.29 bits per heavy atom. The van der Waals surface area contributed by atoms with Crippen LogP contribution in [0.25, 0.3) is 0 Å². The van der Waals surface area contributed by atoms with E-state index in [-0.39, 0.29) is 11.4 Å². The summed E-state index contributed by atoms with van der Waals surface area (Å²) in [5.41, 5.74) is 0.352. The summed E-state index contributed by atoms with van der Waals surface area (Å²) >= 11 is 0. The third kappa shape index (κ3) is 1.89. The average Bonchev–Trinajstić information content (AvgIpc) is 2.84. The van der Waals surface area contributed by atoms with Crippen molar-refractivity contribution >= 4 is 5.91 Å². The van der Waals surface area contributed by atoms with Crippen LogP contribution >= 0.6 is 0 Å².